The average molecular weight is 1030 g/mol. The van der Waals surface area contributed by atoms with E-state index in [1.807, 2.05) is 38.1 Å². The highest BCUT2D eigenvalue weighted by molar-refractivity contribution is 6.32. The fourth-order valence-electron chi connectivity index (χ4n) is 7.58. The van der Waals surface area contributed by atoms with E-state index in [0.717, 1.165) is 46.8 Å². The number of nitrogens with zero attached hydrogens (tertiary/aromatic N) is 4. The van der Waals surface area contributed by atoms with Gasteiger partial charge < -0.3 is 48.7 Å². The maximum atomic E-state index is 12.0. The molecule has 6 aromatic rings. The molecule has 0 amide bonds. The van der Waals surface area contributed by atoms with Crippen molar-refractivity contribution in [3.63, 3.8) is 0 Å². The molecule has 4 unspecified atom stereocenters. The highest BCUT2D eigenvalue weighted by Crippen LogP contribution is 2.37. The molecule has 382 valence electrons. The van der Waals surface area contributed by atoms with Gasteiger partial charge in [0.25, 0.3) is 0 Å². The number of carboxylic acid groups (broad SMARTS) is 1. The number of carbonyl (C=O) groups excluding carboxylic acids is 1. The van der Waals surface area contributed by atoms with E-state index < -0.39 is 24.2 Å². The Labute approximate surface area is 435 Å². The van der Waals surface area contributed by atoms with E-state index in [-0.39, 0.29) is 45.6 Å². The molecule has 0 radical (unpaired) electrons. The number of rotatable bonds is 25. The number of hydrogen-bond acceptors (Lipinski definition) is 15. The summed E-state index contributed by atoms with van der Waals surface area (Å²) in [6, 6.07) is 24.8. The highest BCUT2D eigenvalue weighted by atomic mass is 35.5. The monoisotopic (exact) mass is 1030 g/mol. The molecule has 4 aromatic carbocycles. The van der Waals surface area contributed by atoms with E-state index in [9.17, 15) is 25.2 Å². The zero-order valence-electron chi connectivity index (χ0n) is 41.6. The van der Waals surface area contributed by atoms with Gasteiger partial charge in [-0.05, 0) is 85.3 Å². The van der Waals surface area contributed by atoms with Crippen LogP contribution in [-0.2, 0) is 58.6 Å². The molecule has 0 aliphatic rings. The summed E-state index contributed by atoms with van der Waals surface area (Å²) < 4.78 is 36.0. The summed E-state index contributed by atoms with van der Waals surface area (Å²) in [6.07, 6.45) is 5.96. The smallest absolute Gasteiger partial charge is 0.323 e. The number of ether oxygens (including phenoxy) is 6. The number of nitriles is 2. The summed E-state index contributed by atoms with van der Waals surface area (Å²) in [4.78, 5) is 32.2. The van der Waals surface area contributed by atoms with Crippen LogP contribution in [0.2, 0.25) is 10.0 Å². The lowest BCUT2D eigenvalue weighted by atomic mass is 9.92. The van der Waals surface area contributed by atoms with Crippen LogP contribution in [0.25, 0.3) is 11.1 Å². The van der Waals surface area contributed by atoms with Gasteiger partial charge in [0.1, 0.15) is 73.9 Å². The summed E-state index contributed by atoms with van der Waals surface area (Å²) in [5, 5.41) is 42.5. The first-order valence-electron chi connectivity index (χ1n) is 22.9. The van der Waals surface area contributed by atoms with Crippen molar-refractivity contribution in [2.45, 2.75) is 91.5 Å². The number of aldehydes is 1. The molecule has 0 aliphatic carbocycles. The Kier molecular flexibility index (Phi) is 21.9. The third-order valence-electron chi connectivity index (χ3n) is 12.0. The van der Waals surface area contributed by atoms with Crippen molar-refractivity contribution in [1.29, 1.82) is 10.5 Å². The van der Waals surface area contributed by atoms with Crippen molar-refractivity contribution < 1.29 is 48.2 Å². The molecule has 2 aromatic heterocycles. The number of pyridine rings is 2. The Hall–Kier alpha value is -7.12. The average Bonchev–Trinajstić information content (AvgIpc) is 3.40. The van der Waals surface area contributed by atoms with Crippen LogP contribution in [0.4, 0.5) is 0 Å². The van der Waals surface area contributed by atoms with E-state index in [1.165, 1.54) is 26.6 Å². The molecular weight excluding hydrogens is 976 g/mol. The van der Waals surface area contributed by atoms with Crippen LogP contribution < -0.4 is 29.6 Å². The summed E-state index contributed by atoms with van der Waals surface area (Å²) in [5.41, 5.74) is 9.20. The van der Waals surface area contributed by atoms with E-state index >= 15 is 0 Å². The maximum absolute atomic E-state index is 12.0. The number of methoxy groups -OCH3 is 2. The first kappa shape index (κ1) is 56.8. The molecule has 4 atom stereocenters. The van der Waals surface area contributed by atoms with Crippen LogP contribution in [0.15, 0.2) is 97.6 Å². The molecule has 0 bridgehead atoms. The van der Waals surface area contributed by atoms with Gasteiger partial charge in [0.15, 0.2) is 0 Å². The molecule has 18 heteroatoms. The number of halogens is 2. The van der Waals surface area contributed by atoms with Gasteiger partial charge in [0.05, 0.1) is 39.4 Å². The van der Waals surface area contributed by atoms with Crippen LogP contribution in [0, 0.1) is 36.5 Å². The first-order chi connectivity index (χ1) is 35.3. The van der Waals surface area contributed by atoms with Gasteiger partial charge in [0, 0.05) is 93.6 Å². The Balaban J connectivity index is 0.00000488. The summed E-state index contributed by atoms with van der Waals surface area (Å²) in [7, 11) is 3.98. The molecule has 0 saturated carbocycles. The second-order valence-electron chi connectivity index (χ2n) is 16.6. The molecule has 2 heterocycles. The predicted octanol–water partition coefficient (Wildman–Crippen LogP) is 9.00. The van der Waals surface area contributed by atoms with Gasteiger partial charge in [-0.25, -0.2) is 0 Å². The fourth-order valence-corrected chi connectivity index (χ4v) is 8.06. The predicted molar refractivity (Wildman–Crippen MR) is 276 cm³/mol. The minimum Gasteiger partial charge on any atom is -0.488 e. The molecule has 73 heavy (non-hydrogen) atoms. The molecule has 6 rings (SSSR count). The maximum Gasteiger partial charge on any atom is 0.323 e. The van der Waals surface area contributed by atoms with Crippen LogP contribution in [0.5, 0.6) is 23.0 Å². The van der Waals surface area contributed by atoms with Gasteiger partial charge in [0.2, 0.25) is 0 Å². The molecular formula is C55H58Cl2N6O10. The largest absolute Gasteiger partial charge is 0.488 e. The molecule has 16 nitrogen and oxygen atoms in total. The number of nitrogens with one attached hydrogen (secondary N) is 2. The van der Waals surface area contributed by atoms with Crippen molar-refractivity contribution in [2.75, 3.05) is 21.3 Å². The lowest BCUT2D eigenvalue weighted by Crippen LogP contribution is -2.45. The van der Waals surface area contributed by atoms with Gasteiger partial charge >= 0.3 is 5.97 Å². The lowest BCUT2D eigenvalue weighted by molar-refractivity contribution is -0.143. The van der Waals surface area contributed by atoms with E-state index in [2.05, 4.69) is 44.9 Å². The Morgan fingerprint density at radius 3 is 1.49 bits per heavy atom. The van der Waals surface area contributed by atoms with Crippen LogP contribution in [0.3, 0.4) is 0 Å². The van der Waals surface area contributed by atoms with E-state index in [0.29, 0.717) is 66.4 Å². The summed E-state index contributed by atoms with van der Waals surface area (Å²) >= 11 is 13.7. The van der Waals surface area contributed by atoms with Crippen LogP contribution in [0.1, 0.15) is 69.5 Å². The Morgan fingerprint density at radius 2 is 1.08 bits per heavy atom. The molecule has 4 N–H and O–H groups in total. The topological polar surface area (TPSA) is 227 Å². The summed E-state index contributed by atoms with van der Waals surface area (Å²) in [5.74, 6) is 0.526. The number of aliphatic hydroxyl groups excluding tert-OH is 1. The number of aliphatic hydroxyl groups is 1. The minimum absolute atomic E-state index is 0.0713. The molecule has 0 aliphatic heterocycles. The van der Waals surface area contributed by atoms with Crippen molar-refractivity contribution in [3.05, 3.63) is 163 Å². The highest BCUT2D eigenvalue weighted by Gasteiger charge is 2.25. The SMILES string of the molecule is CO.COC(C)C(C=O)NCc1cc(Cl)c(OCc2cccc(-c3cccc(COc4cc(OCc5cncc(C#N)c5)c(CNC(C(=O)O)C(C)OC)cc4Cl)c3C)c2C)cc1OCc1cncc(C#N)c1. The minimum atomic E-state index is -1.07. The Morgan fingerprint density at radius 1 is 0.644 bits per heavy atom. The molecule has 0 spiro atoms. The van der Waals surface area contributed by atoms with Crippen molar-refractivity contribution in [3.8, 4) is 46.3 Å². The fraction of sp³-hybridized carbons (Fsp3) is 0.309. The van der Waals surface area contributed by atoms with Crippen molar-refractivity contribution in [2.24, 2.45) is 0 Å². The van der Waals surface area contributed by atoms with Crippen molar-refractivity contribution in [1.82, 2.24) is 20.6 Å². The lowest BCUT2D eigenvalue weighted by Gasteiger charge is -2.22. The van der Waals surface area contributed by atoms with Crippen LogP contribution in [-0.4, -0.2) is 78.1 Å². The zero-order valence-corrected chi connectivity index (χ0v) is 43.1. The zero-order chi connectivity index (χ0) is 53.0. The molecule has 0 saturated heterocycles. The first-order valence-corrected chi connectivity index (χ1v) is 23.7. The normalized spacial score (nSPS) is 12.4. The van der Waals surface area contributed by atoms with E-state index in [4.69, 9.17) is 56.7 Å². The number of carboxylic acids is 1. The second-order valence-corrected chi connectivity index (χ2v) is 17.4. The second kappa shape index (κ2) is 28.2. The van der Waals surface area contributed by atoms with Crippen molar-refractivity contribution >= 4 is 35.5 Å². The van der Waals surface area contributed by atoms with Gasteiger partial charge in [-0.15, -0.1) is 0 Å². The standard InChI is InChI=1S/C54H54Cl2N6O9.CH4O/c1-32-40(30-70-51-17-49(68-28-38-13-36(19-57)21-59-23-38)42(15-46(51)55)25-61-48(27-63)34(3)66-5)9-7-11-44(32)45-12-8-10-41(33(45)2)31-71-52-18-50(69-29-39-14-37(20-58)22-60-24-39)43(16-47(52)56)26-62-53(54(64)65)35(4)67-6;1-2/h7-18,21-24,27,34-35,48,53,61-62H,25-26,28-31H2,1-6H3,(H,64,65);2H,1H3. The summed E-state index contributed by atoms with van der Waals surface area (Å²) in [6.45, 7) is 8.38. The van der Waals surface area contributed by atoms with Gasteiger partial charge in [-0.3, -0.25) is 20.1 Å². The quantitative estimate of drug-likeness (QED) is 0.0392. The van der Waals surface area contributed by atoms with E-state index in [1.54, 1.807) is 62.6 Å². The van der Waals surface area contributed by atoms with Crippen LogP contribution >= 0.6 is 23.2 Å². The number of carbonyl (C=O) groups is 2. The number of aromatic nitrogens is 2. The molecule has 0 fully saturated rings. The number of hydrogen-bond donors (Lipinski definition) is 4. The third kappa shape index (κ3) is 15.4. The van der Waals surface area contributed by atoms with Gasteiger partial charge in [-0.1, -0.05) is 59.6 Å². The number of benzene rings is 4. The third-order valence-corrected chi connectivity index (χ3v) is 12.6. The number of aliphatic carboxylic acids is 1. The Bertz CT molecular complexity index is 2930. The van der Waals surface area contributed by atoms with Gasteiger partial charge in [-0.2, -0.15) is 10.5 Å².